The van der Waals surface area contributed by atoms with Gasteiger partial charge in [-0.1, -0.05) is 27.7 Å². The number of carboxylic acid groups (broad SMARTS) is 1. The number of hydrogen-bond acceptors (Lipinski definition) is 2. The van der Waals surface area contributed by atoms with Crippen LogP contribution in [0.5, 0.6) is 0 Å². The SMILES string of the molecule is CC1CC(=O)N(C(C)(C)CC(C)(C)C)C(C)C1C(=O)O. The summed E-state index contributed by atoms with van der Waals surface area (Å²) in [6.45, 7) is 14.3. The number of aliphatic carboxylic acids is 1. The van der Waals surface area contributed by atoms with E-state index in [9.17, 15) is 14.7 Å². The van der Waals surface area contributed by atoms with E-state index in [4.69, 9.17) is 0 Å². The van der Waals surface area contributed by atoms with Crippen molar-refractivity contribution in [2.45, 2.75) is 72.9 Å². The van der Waals surface area contributed by atoms with Crippen molar-refractivity contribution in [3.63, 3.8) is 0 Å². The smallest absolute Gasteiger partial charge is 0.308 e. The first-order chi connectivity index (χ1) is 8.87. The zero-order valence-corrected chi connectivity index (χ0v) is 13.9. The summed E-state index contributed by atoms with van der Waals surface area (Å²) >= 11 is 0. The summed E-state index contributed by atoms with van der Waals surface area (Å²) in [5, 5.41) is 9.44. The molecule has 1 heterocycles. The van der Waals surface area contributed by atoms with Gasteiger partial charge in [0, 0.05) is 18.0 Å². The van der Waals surface area contributed by atoms with Crippen LogP contribution in [-0.4, -0.2) is 33.5 Å². The van der Waals surface area contributed by atoms with E-state index >= 15 is 0 Å². The Bertz CT molecular complexity index is 395. The number of carbonyl (C=O) groups excluding carboxylic acids is 1. The maximum Gasteiger partial charge on any atom is 0.308 e. The minimum Gasteiger partial charge on any atom is -0.481 e. The Morgan fingerprint density at radius 3 is 2.15 bits per heavy atom. The molecule has 20 heavy (non-hydrogen) atoms. The first kappa shape index (κ1) is 17.0. The van der Waals surface area contributed by atoms with Crippen LogP contribution in [0.15, 0.2) is 0 Å². The molecule has 1 N–H and O–H groups in total. The molecule has 0 radical (unpaired) electrons. The molecular formula is C16H29NO3. The average Bonchev–Trinajstić information content (AvgIpc) is 2.09. The lowest BCUT2D eigenvalue weighted by Gasteiger charge is -2.50. The molecule has 0 aromatic rings. The van der Waals surface area contributed by atoms with Gasteiger partial charge < -0.3 is 10.0 Å². The molecule has 3 unspecified atom stereocenters. The van der Waals surface area contributed by atoms with Crippen molar-refractivity contribution in [3.05, 3.63) is 0 Å². The Kier molecular flexibility index (Phi) is 4.57. The van der Waals surface area contributed by atoms with E-state index in [1.165, 1.54) is 0 Å². The van der Waals surface area contributed by atoms with Gasteiger partial charge in [-0.2, -0.15) is 0 Å². The van der Waals surface area contributed by atoms with Crippen molar-refractivity contribution >= 4 is 11.9 Å². The zero-order chi connectivity index (χ0) is 15.9. The standard InChI is InChI=1S/C16H29NO3/c1-10-8-12(18)17(11(2)13(10)14(19)20)16(6,7)9-15(3,4)5/h10-11,13H,8-9H2,1-7H3,(H,19,20). The highest BCUT2D eigenvalue weighted by atomic mass is 16.4. The summed E-state index contributed by atoms with van der Waals surface area (Å²) in [5.41, 5.74) is -0.242. The first-order valence-corrected chi connectivity index (χ1v) is 7.42. The van der Waals surface area contributed by atoms with Gasteiger partial charge in [0.2, 0.25) is 5.91 Å². The van der Waals surface area contributed by atoms with Gasteiger partial charge in [0.05, 0.1) is 5.92 Å². The quantitative estimate of drug-likeness (QED) is 0.865. The molecule has 4 nitrogen and oxygen atoms in total. The molecule has 0 bridgehead atoms. The summed E-state index contributed by atoms with van der Waals surface area (Å²) in [6, 6.07) is -0.263. The fourth-order valence-electron chi connectivity index (χ4n) is 4.09. The van der Waals surface area contributed by atoms with Crippen LogP contribution in [0.3, 0.4) is 0 Å². The molecule has 4 heteroatoms. The lowest BCUT2D eigenvalue weighted by Crippen LogP contribution is -2.61. The fourth-order valence-corrected chi connectivity index (χ4v) is 4.09. The van der Waals surface area contributed by atoms with Crippen molar-refractivity contribution in [1.29, 1.82) is 0 Å². The molecule has 0 aromatic carbocycles. The number of likely N-dealkylation sites (tertiary alicyclic amines) is 1. The fraction of sp³-hybridized carbons (Fsp3) is 0.875. The van der Waals surface area contributed by atoms with E-state index in [-0.39, 0.29) is 28.8 Å². The number of carboxylic acids is 1. The van der Waals surface area contributed by atoms with Crippen LogP contribution >= 0.6 is 0 Å². The Hall–Kier alpha value is -1.06. The number of carbonyl (C=O) groups is 2. The van der Waals surface area contributed by atoms with Gasteiger partial charge in [0.15, 0.2) is 0 Å². The van der Waals surface area contributed by atoms with Crippen LogP contribution < -0.4 is 0 Å². The third-order valence-corrected chi connectivity index (χ3v) is 4.21. The Balaban J connectivity index is 3.08. The highest BCUT2D eigenvalue weighted by molar-refractivity contribution is 5.82. The number of nitrogens with zero attached hydrogens (tertiary/aromatic N) is 1. The molecule has 3 atom stereocenters. The second-order valence-electron chi connectivity index (χ2n) is 8.10. The van der Waals surface area contributed by atoms with Crippen LogP contribution in [0, 0.1) is 17.3 Å². The largest absolute Gasteiger partial charge is 0.481 e. The normalized spacial score (nSPS) is 28.6. The van der Waals surface area contributed by atoms with E-state index in [2.05, 4.69) is 20.8 Å². The lowest BCUT2D eigenvalue weighted by atomic mass is 9.75. The van der Waals surface area contributed by atoms with Crippen LogP contribution in [0.25, 0.3) is 0 Å². The second-order valence-corrected chi connectivity index (χ2v) is 8.10. The van der Waals surface area contributed by atoms with Gasteiger partial charge in [-0.3, -0.25) is 9.59 Å². The van der Waals surface area contributed by atoms with Crippen LogP contribution in [0.2, 0.25) is 0 Å². The van der Waals surface area contributed by atoms with Crippen LogP contribution in [-0.2, 0) is 9.59 Å². The number of piperidine rings is 1. The molecule has 0 aliphatic carbocycles. The van der Waals surface area contributed by atoms with Gasteiger partial charge in [-0.25, -0.2) is 0 Å². The lowest BCUT2D eigenvalue weighted by molar-refractivity contribution is -0.161. The molecule has 116 valence electrons. The van der Waals surface area contributed by atoms with E-state index < -0.39 is 11.9 Å². The monoisotopic (exact) mass is 283 g/mol. The first-order valence-electron chi connectivity index (χ1n) is 7.42. The molecule has 1 saturated heterocycles. The predicted octanol–water partition coefficient (Wildman–Crippen LogP) is 3.16. The zero-order valence-electron chi connectivity index (χ0n) is 13.9. The van der Waals surface area contributed by atoms with Gasteiger partial charge in [-0.05, 0) is 38.5 Å². The van der Waals surface area contributed by atoms with Gasteiger partial charge in [-0.15, -0.1) is 0 Å². The minimum atomic E-state index is -0.797. The molecule has 1 aliphatic heterocycles. The van der Waals surface area contributed by atoms with Crippen molar-refractivity contribution in [3.8, 4) is 0 Å². The molecular weight excluding hydrogens is 254 g/mol. The van der Waals surface area contributed by atoms with Crippen molar-refractivity contribution < 1.29 is 14.7 Å². The highest BCUT2D eigenvalue weighted by Gasteiger charge is 2.47. The predicted molar refractivity (Wildman–Crippen MR) is 79.4 cm³/mol. The van der Waals surface area contributed by atoms with E-state index in [1.54, 1.807) is 0 Å². The van der Waals surface area contributed by atoms with Crippen LogP contribution in [0.1, 0.15) is 61.3 Å². The van der Waals surface area contributed by atoms with Crippen LogP contribution in [0.4, 0.5) is 0 Å². The summed E-state index contributed by atoms with van der Waals surface area (Å²) in [7, 11) is 0. The van der Waals surface area contributed by atoms with Crippen molar-refractivity contribution in [1.82, 2.24) is 4.90 Å². The summed E-state index contributed by atoms with van der Waals surface area (Å²) in [5.74, 6) is -1.30. The maximum absolute atomic E-state index is 12.4. The maximum atomic E-state index is 12.4. The topological polar surface area (TPSA) is 57.6 Å². The number of amides is 1. The number of hydrogen-bond donors (Lipinski definition) is 1. The Morgan fingerprint density at radius 1 is 1.25 bits per heavy atom. The molecule has 0 saturated carbocycles. The summed E-state index contributed by atoms with van der Waals surface area (Å²) in [4.78, 5) is 25.8. The van der Waals surface area contributed by atoms with Gasteiger partial charge in [0.25, 0.3) is 0 Å². The third-order valence-electron chi connectivity index (χ3n) is 4.21. The van der Waals surface area contributed by atoms with Crippen molar-refractivity contribution in [2.24, 2.45) is 17.3 Å². The number of rotatable bonds is 3. The molecule has 0 aromatic heterocycles. The Morgan fingerprint density at radius 2 is 1.75 bits per heavy atom. The molecule has 1 fully saturated rings. The summed E-state index contributed by atoms with van der Waals surface area (Å²) in [6.07, 6.45) is 1.17. The summed E-state index contributed by atoms with van der Waals surface area (Å²) < 4.78 is 0. The molecule has 1 rings (SSSR count). The average molecular weight is 283 g/mol. The molecule has 1 amide bonds. The third kappa shape index (κ3) is 3.53. The van der Waals surface area contributed by atoms with E-state index in [0.717, 1.165) is 6.42 Å². The highest BCUT2D eigenvalue weighted by Crippen LogP contribution is 2.39. The molecule has 0 spiro atoms. The van der Waals surface area contributed by atoms with Crippen molar-refractivity contribution in [2.75, 3.05) is 0 Å². The Labute approximate surface area is 122 Å². The minimum absolute atomic E-state index is 0.0803. The van der Waals surface area contributed by atoms with Gasteiger partial charge >= 0.3 is 5.97 Å². The molecule has 1 aliphatic rings. The van der Waals surface area contributed by atoms with Gasteiger partial charge in [0.1, 0.15) is 0 Å². The van der Waals surface area contributed by atoms with E-state index in [0.29, 0.717) is 6.42 Å². The van der Waals surface area contributed by atoms with E-state index in [1.807, 2.05) is 32.6 Å². The second kappa shape index (κ2) is 5.38.